The number of hydrogen-bond donors (Lipinski definition) is 1. The number of hydrogen-bond acceptors (Lipinski definition) is 6. The minimum Gasteiger partial charge on any atom is -0.465 e. The Morgan fingerprint density at radius 3 is 2.58 bits per heavy atom. The minimum absolute atomic E-state index is 0.0688. The SMILES string of the molecule is COC(=O)c1cccc(Nc2cc(C(=O)N3CCCCCC3)ncn2)c1. The number of likely N-dealkylation sites (tertiary alicyclic amines) is 1. The summed E-state index contributed by atoms with van der Waals surface area (Å²) in [7, 11) is 1.34. The molecule has 0 spiro atoms. The second-order valence-corrected chi connectivity index (χ2v) is 6.19. The van der Waals surface area contributed by atoms with Crippen LogP contribution >= 0.6 is 0 Å². The second kappa shape index (κ2) is 8.42. The molecule has 0 unspecified atom stereocenters. The molecule has 1 saturated heterocycles. The number of nitrogens with zero attached hydrogens (tertiary/aromatic N) is 3. The summed E-state index contributed by atoms with van der Waals surface area (Å²) in [6.45, 7) is 1.54. The summed E-state index contributed by atoms with van der Waals surface area (Å²) in [5.74, 6) is 0.0224. The highest BCUT2D eigenvalue weighted by Gasteiger charge is 2.19. The zero-order valence-electron chi connectivity index (χ0n) is 14.8. The van der Waals surface area contributed by atoms with E-state index in [1.807, 2.05) is 11.0 Å². The maximum Gasteiger partial charge on any atom is 0.337 e. The van der Waals surface area contributed by atoms with E-state index in [2.05, 4.69) is 15.3 Å². The molecular weight excluding hydrogens is 332 g/mol. The van der Waals surface area contributed by atoms with Crippen LogP contribution in [0, 0.1) is 0 Å². The van der Waals surface area contributed by atoms with Crippen molar-refractivity contribution in [3.05, 3.63) is 47.9 Å². The molecule has 1 aromatic carbocycles. The number of carbonyl (C=O) groups is 2. The predicted molar refractivity (Wildman–Crippen MR) is 97.5 cm³/mol. The van der Waals surface area contributed by atoms with Crippen LogP contribution < -0.4 is 5.32 Å². The first-order chi connectivity index (χ1) is 12.7. The summed E-state index contributed by atoms with van der Waals surface area (Å²) >= 11 is 0. The van der Waals surface area contributed by atoms with Gasteiger partial charge in [-0.25, -0.2) is 14.8 Å². The fraction of sp³-hybridized carbons (Fsp3) is 0.368. The molecule has 7 nitrogen and oxygen atoms in total. The van der Waals surface area contributed by atoms with Crippen molar-refractivity contribution in [2.24, 2.45) is 0 Å². The molecule has 0 atom stereocenters. The lowest BCUT2D eigenvalue weighted by Crippen LogP contribution is -2.32. The van der Waals surface area contributed by atoms with Crippen molar-refractivity contribution in [2.45, 2.75) is 25.7 Å². The Bertz CT molecular complexity index is 786. The molecule has 0 bridgehead atoms. The maximum atomic E-state index is 12.7. The van der Waals surface area contributed by atoms with E-state index < -0.39 is 5.97 Å². The van der Waals surface area contributed by atoms with Gasteiger partial charge in [0.1, 0.15) is 17.8 Å². The average Bonchev–Trinajstić information content (AvgIpc) is 2.96. The van der Waals surface area contributed by atoms with Gasteiger partial charge in [0.2, 0.25) is 0 Å². The predicted octanol–water partition coefficient (Wildman–Crippen LogP) is 3.02. The van der Waals surface area contributed by atoms with Crippen molar-refractivity contribution in [3.8, 4) is 0 Å². The Morgan fingerprint density at radius 2 is 1.85 bits per heavy atom. The van der Waals surface area contributed by atoms with E-state index in [1.165, 1.54) is 13.4 Å². The molecule has 136 valence electrons. The number of methoxy groups -OCH3 is 1. The van der Waals surface area contributed by atoms with Crippen molar-refractivity contribution in [2.75, 3.05) is 25.5 Å². The highest BCUT2D eigenvalue weighted by molar-refractivity contribution is 5.93. The van der Waals surface area contributed by atoms with Crippen LogP contribution in [0.4, 0.5) is 11.5 Å². The number of benzene rings is 1. The fourth-order valence-electron chi connectivity index (χ4n) is 2.97. The molecule has 26 heavy (non-hydrogen) atoms. The van der Waals surface area contributed by atoms with Crippen LogP contribution in [0.3, 0.4) is 0 Å². The Hall–Kier alpha value is -2.96. The number of ether oxygens (including phenoxy) is 1. The van der Waals surface area contributed by atoms with Crippen LogP contribution in [0.1, 0.15) is 46.5 Å². The van der Waals surface area contributed by atoms with Crippen molar-refractivity contribution in [1.82, 2.24) is 14.9 Å². The molecule has 1 N–H and O–H groups in total. The van der Waals surface area contributed by atoms with Crippen LogP contribution in [-0.4, -0.2) is 46.9 Å². The molecule has 0 aliphatic carbocycles. The Balaban J connectivity index is 1.75. The van der Waals surface area contributed by atoms with Gasteiger partial charge in [-0.05, 0) is 31.0 Å². The molecule has 2 aromatic rings. The molecular formula is C19H22N4O3. The highest BCUT2D eigenvalue weighted by Crippen LogP contribution is 2.18. The first-order valence-electron chi connectivity index (χ1n) is 8.74. The molecule has 3 rings (SSSR count). The van der Waals surface area contributed by atoms with Crippen molar-refractivity contribution >= 4 is 23.4 Å². The van der Waals surface area contributed by atoms with Gasteiger partial charge in [-0.2, -0.15) is 0 Å². The van der Waals surface area contributed by atoms with E-state index >= 15 is 0 Å². The summed E-state index contributed by atoms with van der Waals surface area (Å²) in [5.41, 5.74) is 1.49. The number of rotatable bonds is 4. The standard InChI is InChI=1S/C19H22N4O3/c1-26-19(25)14-7-6-8-15(11-14)22-17-12-16(20-13-21-17)18(24)23-9-4-2-3-5-10-23/h6-8,11-13H,2-5,9-10H2,1H3,(H,20,21,22). The summed E-state index contributed by atoms with van der Waals surface area (Å²) in [4.78, 5) is 34.5. The zero-order chi connectivity index (χ0) is 18.4. The van der Waals surface area contributed by atoms with Gasteiger partial charge in [-0.3, -0.25) is 4.79 Å². The topological polar surface area (TPSA) is 84.4 Å². The van der Waals surface area contributed by atoms with Crippen LogP contribution in [-0.2, 0) is 4.74 Å². The Labute approximate surface area is 152 Å². The third-order valence-electron chi connectivity index (χ3n) is 4.34. The molecule has 1 fully saturated rings. The van der Waals surface area contributed by atoms with Crippen LogP contribution in [0.2, 0.25) is 0 Å². The van der Waals surface area contributed by atoms with Gasteiger partial charge in [0.25, 0.3) is 5.91 Å². The van der Waals surface area contributed by atoms with E-state index in [4.69, 9.17) is 4.74 Å². The van der Waals surface area contributed by atoms with Gasteiger partial charge >= 0.3 is 5.97 Å². The molecule has 0 saturated carbocycles. The molecule has 1 amide bonds. The average molecular weight is 354 g/mol. The van der Waals surface area contributed by atoms with Crippen LogP contribution in [0.5, 0.6) is 0 Å². The largest absolute Gasteiger partial charge is 0.465 e. The molecule has 1 aliphatic rings. The number of carbonyl (C=O) groups excluding carboxylic acids is 2. The molecule has 1 aromatic heterocycles. The van der Waals surface area contributed by atoms with E-state index in [1.54, 1.807) is 24.3 Å². The van der Waals surface area contributed by atoms with Gasteiger partial charge in [0, 0.05) is 24.8 Å². The molecule has 2 heterocycles. The fourth-order valence-corrected chi connectivity index (χ4v) is 2.97. The Kier molecular flexibility index (Phi) is 5.78. The Morgan fingerprint density at radius 1 is 1.08 bits per heavy atom. The number of esters is 1. The van der Waals surface area contributed by atoms with Gasteiger partial charge < -0.3 is 15.0 Å². The second-order valence-electron chi connectivity index (χ2n) is 6.19. The summed E-state index contributed by atoms with van der Waals surface area (Å²) in [6.07, 6.45) is 5.76. The number of nitrogens with one attached hydrogen (secondary N) is 1. The lowest BCUT2D eigenvalue weighted by Gasteiger charge is -2.19. The maximum absolute atomic E-state index is 12.7. The third-order valence-corrected chi connectivity index (χ3v) is 4.34. The quantitative estimate of drug-likeness (QED) is 0.850. The van der Waals surface area contributed by atoms with Gasteiger partial charge in [0.05, 0.1) is 12.7 Å². The van der Waals surface area contributed by atoms with Crippen molar-refractivity contribution in [1.29, 1.82) is 0 Å². The number of amides is 1. The van der Waals surface area contributed by atoms with Gasteiger partial charge in [0.15, 0.2) is 0 Å². The van der Waals surface area contributed by atoms with Crippen LogP contribution in [0.15, 0.2) is 36.7 Å². The van der Waals surface area contributed by atoms with E-state index in [0.29, 0.717) is 22.8 Å². The molecule has 7 heteroatoms. The number of aromatic nitrogens is 2. The number of anilines is 2. The molecule has 1 aliphatic heterocycles. The first kappa shape index (κ1) is 17.8. The van der Waals surface area contributed by atoms with Crippen LogP contribution in [0.25, 0.3) is 0 Å². The zero-order valence-corrected chi connectivity index (χ0v) is 14.8. The van der Waals surface area contributed by atoms with Crippen molar-refractivity contribution < 1.29 is 14.3 Å². The first-order valence-corrected chi connectivity index (χ1v) is 8.74. The summed E-state index contributed by atoms with van der Waals surface area (Å²) < 4.78 is 4.73. The summed E-state index contributed by atoms with van der Waals surface area (Å²) in [5, 5.41) is 3.10. The van der Waals surface area contributed by atoms with E-state index in [9.17, 15) is 9.59 Å². The monoisotopic (exact) mass is 354 g/mol. The van der Waals surface area contributed by atoms with Gasteiger partial charge in [-0.15, -0.1) is 0 Å². The smallest absolute Gasteiger partial charge is 0.337 e. The lowest BCUT2D eigenvalue weighted by atomic mass is 10.2. The normalized spacial score (nSPS) is 14.4. The van der Waals surface area contributed by atoms with Gasteiger partial charge in [-0.1, -0.05) is 18.9 Å². The highest BCUT2D eigenvalue weighted by atomic mass is 16.5. The van der Waals surface area contributed by atoms with Crippen molar-refractivity contribution in [3.63, 3.8) is 0 Å². The third kappa shape index (κ3) is 4.36. The van der Waals surface area contributed by atoms with E-state index in [0.717, 1.165) is 38.8 Å². The minimum atomic E-state index is -0.409. The van der Waals surface area contributed by atoms with E-state index in [-0.39, 0.29) is 5.91 Å². The lowest BCUT2D eigenvalue weighted by molar-refractivity contribution is 0.0600. The summed E-state index contributed by atoms with van der Waals surface area (Å²) in [6, 6.07) is 8.54. The molecule has 0 radical (unpaired) electrons.